The molecule has 1 saturated heterocycles. The van der Waals surface area contributed by atoms with Gasteiger partial charge in [0, 0.05) is 28.0 Å². The fourth-order valence-corrected chi connectivity index (χ4v) is 4.57. The Labute approximate surface area is 131 Å². The molecule has 4 nitrogen and oxygen atoms in total. The molecule has 1 unspecified atom stereocenters. The molecule has 0 amide bonds. The first-order valence-corrected chi connectivity index (χ1v) is 8.91. The molecule has 1 aliphatic rings. The van der Waals surface area contributed by atoms with Crippen LogP contribution in [0.15, 0.2) is 28.8 Å². The average Bonchev–Trinajstić information content (AvgIpc) is 2.97. The second kappa shape index (κ2) is 6.74. The Hall–Kier alpha value is -0.850. The van der Waals surface area contributed by atoms with E-state index in [0.717, 1.165) is 28.0 Å². The number of anilines is 1. The number of benzene rings is 1. The fraction of sp³-hybridized carbons (Fsp3) is 0.385. The van der Waals surface area contributed by atoms with Gasteiger partial charge in [0.05, 0.1) is 11.8 Å². The van der Waals surface area contributed by atoms with Crippen molar-refractivity contribution in [2.75, 3.05) is 22.6 Å². The lowest BCUT2D eigenvalue weighted by atomic mass is 10.3. The molecule has 3 rings (SSSR count). The molecule has 1 aliphatic heterocycles. The smallest absolute Gasteiger partial charge is 0.245 e. The number of aromatic nitrogens is 2. The largest absolute Gasteiger partial charge is 0.376 e. The summed E-state index contributed by atoms with van der Waals surface area (Å²) in [6.07, 6.45) is 0. The van der Waals surface area contributed by atoms with Gasteiger partial charge >= 0.3 is 0 Å². The van der Waals surface area contributed by atoms with E-state index >= 15 is 0 Å². The summed E-state index contributed by atoms with van der Waals surface area (Å²) in [4.78, 5) is 4.47. The van der Waals surface area contributed by atoms with Crippen LogP contribution in [0.2, 0.25) is 5.02 Å². The van der Waals surface area contributed by atoms with Crippen LogP contribution in [0.1, 0.15) is 17.0 Å². The van der Waals surface area contributed by atoms with E-state index in [1.165, 1.54) is 5.75 Å². The van der Waals surface area contributed by atoms with E-state index in [-0.39, 0.29) is 0 Å². The van der Waals surface area contributed by atoms with Gasteiger partial charge in [-0.15, -0.1) is 11.8 Å². The molecule has 7 heteroatoms. The van der Waals surface area contributed by atoms with Gasteiger partial charge in [-0.25, -0.2) is 0 Å². The van der Waals surface area contributed by atoms with E-state index in [9.17, 15) is 0 Å². The number of thioether (sulfide) groups is 2. The second-order valence-electron chi connectivity index (χ2n) is 4.34. The summed E-state index contributed by atoms with van der Waals surface area (Å²) in [6, 6.07) is 7.54. The van der Waals surface area contributed by atoms with Gasteiger partial charge in [0.2, 0.25) is 5.89 Å². The number of rotatable bonds is 4. The molecule has 2 aromatic rings. The van der Waals surface area contributed by atoms with Crippen LogP contribution in [-0.2, 0) is 6.54 Å². The van der Waals surface area contributed by atoms with Crippen LogP contribution < -0.4 is 5.32 Å². The second-order valence-corrected chi connectivity index (χ2v) is 7.24. The summed E-state index contributed by atoms with van der Waals surface area (Å²) >= 11 is 9.70. The van der Waals surface area contributed by atoms with Gasteiger partial charge in [-0.3, -0.25) is 0 Å². The average molecular weight is 328 g/mol. The van der Waals surface area contributed by atoms with Gasteiger partial charge in [-0.05, 0) is 24.3 Å². The van der Waals surface area contributed by atoms with Crippen molar-refractivity contribution in [3.05, 3.63) is 41.0 Å². The maximum absolute atomic E-state index is 5.85. The number of nitrogens with one attached hydrogen (secondary N) is 1. The summed E-state index contributed by atoms with van der Waals surface area (Å²) in [5.74, 6) is 4.86. The first-order chi connectivity index (χ1) is 9.81. The number of nitrogens with zero attached hydrogens (tertiary/aromatic N) is 2. The predicted molar refractivity (Wildman–Crippen MR) is 85.6 cm³/mol. The van der Waals surface area contributed by atoms with Crippen LogP contribution in [0.4, 0.5) is 5.69 Å². The highest BCUT2D eigenvalue weighted by atomic mass is 35.5. The third kappa shape index (κ3) is 3.62. The maximum Gasteiger partial charge on any atom is 0.245 e. The predicted octanol–water partition coefficient (Wildman–Crippen LogP) is 3.86. The minimum Gasteiger partial charge on any atom is -0.376 e. The minimum absolute atomic E-state index is 0.363. The van der Waals surface area contributed by atoms with E-state index in [1.54, 1.807) is 0 Å². The Morgan fingerprint density at radius 3 is 2.90 bits per heavy atom. The van der Waals surface area contributed by atoms with E-state index < -0.39 is 0 Å². The van der Waals surface area contributed by atoms with Crippen molar-refractivity contribution in [2.45, 2.75) is 11.8 Å². The van der Waals surface area contributed by atoms with Crippen LogP contribution in [0, 0.1) is 0 Å². The third-order valence-electron chi connectivity index (χ3n) is 2.88. The molecule has 1 aromatic carbocycles. The van der Waals surface area contributed by atoms with Gasteiger partial charge in [0.25, 0.3) is 0 Å². The molecular formula is C13H14ClN3OS2. The van der Waals surface area contributed by atoms with Crippen LogP contribution in [0.5, 0.6) is 0 Å². The van der Waals surface area contributed by atoms with Crippen molar-refractivity contribution in [3.63, 3.8) is 0 Å². The Morgan fingerprint density at radius 1 is 1.30 bits per heavy atom. The molecule has 0 radical (unpaired) electrons. The van der Waals surface area contributed by atoms with Gasteiger partial charge in [-0.1, -0.05) is 16.8 Å². The van der Waals surface area contributed by atoms with E-state index in [1.807, 2.05) is 47.8 Å². The Balaban J connectivity index is 1.58. The van der Waals surface area contributed by atoms with Crippen molar-refractivity contribution in [2.24, 2.45) is 0 Å². The molecule has 20 heavy (non-hydrogen) atoms. The van der Waals surface area contributed by atoms with Crippen LogP contribution in [0.25, 0.3) is 0 Å². The molecule has 1 fully saturated rings. The normalized spacial score (nSPS) is 18.9. The first-order valence-electron chi connectivity index (χ1n) is 6.32. The SMILES string of the molecule is Clc1ccc(NCc2nc(C3CSCCS3)no2)cc1. The highest BCUT2D eigenvalue weighted by Crippen LogP contribution is 2.35. The van der Waals surface area contributed by atoms with Crippen LogP contribution >= 0.6 is 35.1 Å². The lowest BCUT2D eigenvalue weighted by Crippen LogP contribution is -2.08. The molecule has 106 valence electrons. The fourth-order valence-electron chi connectivity index (χ4n) is 1.85. The van der Waals surface area contributed by atoms with Gasteiger partial charge in [0.15, 0.2) is 5.82 Å². The molecule has 2 heterocycles. The summed E-state index contributed by atoms with van der Waals surface area (Å²) in [5.41, 5.74) is 0.983. The van der Waals surface area contributed by atoms with E-state index in [4.69, 9.17) is 16.1 Å². The summed E-state index contributed by atoms with van der Waals surface area (Å²) in [5, 5.41) is 8.41. The lowest BCUT2D eigenvalue weighted by Gasteiger charge is -2.16. The lowest BCUT2D eigenvalue weighted by molar-refractivity contribution is 0.378. The van der Waals surface area contributed by atoms with Crippen LogP contribution in [-0.4, -0.2) is 27.4 Å². The monoisotopic (exact) mass is 327 g/mol. The summed E-state index contributed by atoms with van der Waals surface area (Å²) in [6.45, 7) is 0.527. The Kier molecular flexibility index (Phi) is 4.75. The quantitative estimate of drug-likeness (QED) is 0.920. The van der Waals surface area contributed by atoms with Gasteiger partial charge < -0.3 is 9.84 Å². The molecular weight excluding hydrogens is 314 g/mol. The third-order valence-corrected chi connectivity index (χ3v) is 5.88. The topological polar surface area (TPSA) is 51.0 Å². The first kappa shape index (κ1) is 14.1. The Bertz CT molecular complexity index is 555. The van der Waals surface area contributed by atoms with Gasteiger partial charge in [-0.2, -0.15) is 16.7 Å². The van der Waals surface area contributed by atoms with Crippen molar-refractivity contribution >= 4 is 40.8 Å². The zero-order valence-electron chi connectivity index (χ0n) is 10.7. The molecule has 0 saturated carbocycles. The molecule has 1 atom stereocenters. The zero-order valence-corrected chi connectivity index (χ0v) is 13.1. The highest BCUT2D eigenvalue weighted by molar-refractivity contribution is 8.06. The van der Waals surface area contributed by atoms with E-state index in [0.29, 0.717) is 17.7 Å². The molecule has 0 spiro atoms. The minimum atomic E-state index is 0.363. The van der Waals surface area contributed by atoms with Crippen molar-refractivity contribution < 1.29 is 4.52 Å². The maximum atomic E-state index is 5.85. The summed E-state index contributed by atoms with van der Waals surface area (Å²) in [7, 11) is 0. The van der Waals surface area contributed by atoms with Crippen molar-refractivity contribution in [1.29, 1.82) is 0 Å². The summed E-state index contributed by atoms with van der Waals surface area (Å²) < 4.78 is 5.29. The molecule has 1 aromatic heterocycles. The zero-order chi connectivity index (χ0) is 13.8. The van der Waals surface area contributed by atoms with Crippen molar-refractivity contribution in [3.8, 4) is 0 Å². The van der Waals surface area contributed by atoms with Crippen molar-refractivity contribution in [1.82, 2.24) is 10.1 Å². The number of hydrogen-bond acceptors (Lipinski definition) is 6. The highest BCUT2D eigenvalue weighted by Gasteiger charge is 2.21. The van der Waals surface area contributed by atoms with E-state index in [2.05, 4.69) is 15.5 Å². The molecule has 0 bridgehead atoms. The number of halogens is 1. The molecule has 0 aliphatic carbocycles. The standard InChI is InChI=1S/C13H14ClN3OS2/c14-9-1-3-10(4-2-9)15-7-12-16-13(17-18-12)11-8-19-5-6-20-11/h1-4,11,15H,5-8H2. The number of hydrogen-bond donors (Lipinski definition) is 1. The van der Waals surface area contributed by atoms with Crippen LogP contribution in [0.3, 0.4) is 0 Å². The Morgan fingerprint density at radius 2 is 2.15 bits per heavy atom. The van der Waals surface area contributed by atoms with Gasteiger partial charge in [0.1, 0.15) is 0 Å². The molecule has 1 N–H and O–H groups in total.